The van der Waals surface area contributed by atoms with Gasteiger partial charge in [0.1, 0.15) is 12.7 Å². The summed E-state index contributed by atoms with van der Waals surface area (Å²) in [6.45, 7) is 2.73. The van der Waals surface area contributed by atoms with Crippen LogP contribution in [0.15, 0.2) is 48.5 Å². The zero-order valence-electron chi connectivity index (χ0n) is 14.4. The number of anilines is 1. The van der Waals surface area contributed by atoms with E-state index in [4.69, 9.17) is 14.2 Å². The number of para-hydroxylation sites is 2. The molecule has 1 aliphatic rings. The van der Waals surface area contributed by atoms with E-state index in [1.807, 2.05) is 24.3 Å². The number of fused-ring (bicyclic) bond motifs is 1. The molecule has 0 unspecified atom stereocenters. The van der Waals surface area contributed by atoms with E-state index in [2.05, 4.69) is 10.6 Å². The molecule has 2 aromatic rings. The Morgan fingerprint density at radius 1 is 1.12 bits per heavy atom. The Morgan fingerprint density at radius 2 is 1.85 bits per heavy atom. The first kappa shape index (κ1) is 17.6. The van der Waals surface area contributed by atoms with Crippen LogP contribution in [0.5, 0.6) is 11.5 Å². The quantitative estimate of drug-likeness (QED) is 0.860. The SMILES string of the molecule is CCOC(=O)Nc1ccc(C(=O)NC[C@@H]2COc3ccccc3O2)cc1. The highest BCUT2D eigenvalue weighted by molar-refractivity contribution is 5.95. The number of rotatable bonds is 5. The lowest BCUT2D eigenvalue weighted by Gasteiger charge is -2.26. The zero-order chi connectivity index (χ0) is 18.4. The minimum atomic E-state index is -0.528. The minimum absolute atomic E-state index is 0.227. The van der Waals surface area contributed by atoms with Gasteiger partial charge in [-0.05, 0) is 43.3 Å². The van der Waals surface area contributed by atoms with E-state index in [9.17, 15) is 9.59 Å². The van der Waals surface area contributed by atoms with Crippen molar-refractivity contribution < 1.29 is 23.8 Å². The van der Waals surface area contributed by atoms with Crippen LogP contribution in [0, 0.1) is 0 Å². The van der Waals surface area contributed by atoms with Gasteiger partial charge in [-0.25, -0.2) is 4.79 Å². The second-order valence-electron chi connectivity index (χ2n) is 5.63. The molecule has 2 amide bonds. The number of benzene rings is 2. The van der Waals surface area contributed by atoms with E-state index >= 15 is 0 Å². The largest absolute Gasteiger partial charge is 0.486 e. The summed E-state index contributed by atoms with van der Waals surface area (Å²) in [4.78, 5) is 23.6. The highest BCUT2D eigenvalue weighted by Crippen LogP contribution is 2.30. The van der Waals surface area contributed by atoms with Gasteiger partial charge in [0.05, 0.1) is 13.2 Å². The van der Waals surface area contributed by atoms with Crippen LogP contribution in [0.25, 0.3) is 0 Å². The van der Waals surface area contributed by atoms with Crippen molar-refractivity contribution in [3.63, 3.8) is 0 Å². The summed E-state index contributed by atoms with van der Waals surface area (Å²) in [6.07, 6.45) is -0.780. The number of amides is 2. The lowest BCUT2D eigenvalue weighted by Crippen LogP contribution is -2.40. The van der Waals surface area contributed by atoms with Crippen LogP contribution in [-0.4, -0.2) is 37.9 Å². The number of carbonyl (C=O) groups excluding carboxylic acids is 2. The molecule has 0 radical (unpaired) electrons. The molecule has 2 N–H and O–H groups in total. The van der Waals surface area contributed by atoms with Crippen LogP contribution in [-0.2, 0) is 4.74 Å². The molecular formula is C19H20N2O5. The number of hydrogen-bond donors (Lipinski definition) is 2. The minimum Gasteiger partial charge on any atom is -0.486 e. The monoisotopic (exact) mass is 356 g/mol. The van der Waals surface area contributed by atoms with Crippen molar-refractivity contribution in [1.29, 1.82) is 0 Å². The smallest absolute Gasteiger partial charge is 0.411 e. The van der Waals surface area contributed by atoms with Crippen molar-refractivity contribution >= 4 is 17.7 Å². The highest BCUT2D eigenvalue weighted by Gasteiger charge is 2.21. The van der Waals surface area contributed by atoms with Crippen LogP contribution in [0.3, 0.4) is 0 Å². The molecule has 1 atom stereocenters. The van der Waals surface area contributed by atoms with Crippen LogP contribution >= 0.6 is 0 Å². The molecule has 0 saturated heterocycles. The third kappa shape index (κ3) is 4.44. The highest BCUT2D eigenvalue weighted by atomic mass is 16.6. The summed E-state index contributed by atoms with van der Waals surface area (Å²) >= 11 is 0. The first-order valence-corrected chi connectivity index (χ1v) is 8.36. The standard InChI is InChI=1S/C19H20N2O5/c1-2-24-19(23)21-14-9-7-13(8-10-14)18(22)20-11-15-12-25-16-5-3-4-6-17(16)26-15/h3-10,15H,2,11-12H2,1H3,(H,20,22)(H,21,23)/t15-/m1/s1. The molecule has 0 spiro atoms. The molecule has 136 valence electrons. The Balaban J connectivity index is 1.50. The summed E-state index contributed by atoms with van der Waals surface area (Å²) in [5.74, 6) is 1.15. The number of hydrogen-bond acceptors (Lipinski definition) is 5. The van der Waals surface area contributed by atoms with Gasteiger partial charge in [-0.3, -0.25) is 10.1 Å². The van der Waals surface area contributed by atoms with E-state index in [0.29, 0.717) is 42.5 Å². The van der Waals surface area contributed by atoms with E-state index in [1.54, 1.807) is 31.2 Å². The fourth-order valence-corrected chi connectivity index (χ4v) is 2.46. The Bertz CT molecular complexity index is 776. The lowest BCUT2D eigenvalue weighted by atomic mass is 10.2. The molecule has 0 saturated carbocycles. The molecule has 0 aromatic heterocycles. The summed E-state index contributed by atoms with van der Waals surface area (Å²) in [5, 5.41) is 5.40. The number of nitrogens with one attached hydrogen (secondary N) is 2. The molecule has 1 aliphatic heterocycles. The number of carbonyl (C=O) groups is 2. The molecule has 0 fully saturated rings. The zero-order valence-corrected chi connectivity index (χ0v) is 14.4. The van der Waals surface area contributed by atoms with E-state index in [1.165, 1.54) is 0 Å². The third-order valence-electron chi connectivity index (χ3n) is 3.73. The van der Waals surface area contributed by atoms with E-state index in [0.717, 1.165) is 0 Å². The van der Waals surface area contributed by atoms with Crippen molar-refractivity contribution in [2.24, 2.45) is 0 Å². The lowest BCUT2D eigenvalue weighted by molar-refractivity contribution is 0.0789. The molecule has 1 heterocycles. The molecule has 7 nitrogen and oxygen atoms in total. The Kier molecular flexibility index (Phi) is 5.58. The molecule has 3 rings (SSSR count). The molecule has 0 aliphatic carbocycles. The van der Waals surface area contributed by atoms with Gasteiger partial charge in [0.15, 0.2) is 11.5 Å². The van der Waals surface area contributed by atoms with Gasteiger partial charge in [0.25, 0.3) is 5.91 Å². The van der Waals surface area contributed by atoms with E-state index in [-0.39, 0.29) is 12.0 Å². The summed E-state index contributed by atoms with van der Waals surface area (Å²) in [7, 11) is 0. The van der Waals surface area contributed by atoms with Gasteiger partial charge in [-0.2, -0.15) is 0 Å². The van der Waals surface area contributed by atoms with Gasteiger partial charge < -0.3 is 19.5 Å². The van der Waals surface area contributed by atoms with Gasteiger partial charge in [-0.15, -0.1) is 0 Å². The first-order valence-electron chi connectivity index (χ1n) is 8.36. The van der Waals surface area contributed by atoms with E-state index < -0.39 is 6.09 Å². The van der Waals surface area contributed by atoms with Crippen LogP contribution in [0.2, 0.25) is 0 Å². The van der Waals surface area contributed by atoms with Gasteiger partial charge in [-0.1, -0.05) is 12.1 Å². The van der Waals surface area contributed by atoms with Crippen LogP contribution in [0.4, 0.5) is 10.5 Å². The molecule has 2 aromatic carbocycles. The maximum absolute atomic E-state index is 12.2. The molecule has 0 bridgehead atoms. The maximum Gasteiger partial charge on any atom is 0.411 e. The third-order valence-corrected chi connectivity index (χ3v) is 3.73. The predicted molar refractivity (Wildman–Crippen MR) is 95.8 cm³/mol. The molecular weight excluding hydrogens is 336 g/mol. The van der Waals surface area contributed by atoms with Crippen LogP contribution in [0.1, 0.15) is 17.3 Å². The average Bonchev–Trinajstić information content (AvgIpc) is 2.66. The van der Waals surface area contributed by atoms with Gasteiger partial charge >= 0.3 is 6.09 Å². The Morgan fingerprint density at radius 3 is 2.58 bits per heavy atom. The second-order valence-corrected chi connectivity index (χ2v) is 5.63. The molecule has 7 heteroatoms. The van der Waals surface area contributed by atoms with Crippen molar-refractivity contribution in [3.8, 4) is 11.5 Å². The van der Waals surface area contributed by atoms with Crippen molar-refractivity contribution in [3.05, 3.63) is 54.1 Å². The normalized spacial score (nSPS) is 15.0. The fourth-order valence-electron chi connectivity index (χ4n) is 2.46. The van der Waals surface area contributed by atoms with Gasteiger partial charge in [0, 0.05) is 11.3 Å². The summed E-state index contributed by atoms with van der Waals surface area (Å²) in [6, 6.07) is 14.0. The Labute approximate surface area is 151 Å². The van der Waals surface area contributed by atoms with Crippen LogP contribution < -0.4 is 20.1 Å². The Hall–Kier alpha value is -3.22. The van der Waals surface area contributed by atoms with Crippen molar-refractivity contribution in [2.45, 2.75) is 13.0 Å². The van der Waals surface area contributed by atoms with Crippen molar-refractivity contribution in [1.82, 2.24) is 5.32 Å². The average molecular weight is 356 g/mol. The summed E-state index contributed by atoms with van der Waals surface area (Å²) < 4.78 is 16.2. The molecule has 26 heavy (non-hydrogen) atoms. The predicted octanol–water partition coefficient (Wildman–Crippen LogP) is 2.82. The summed E-state index contributed by atoms with van der Waals surface area (Å²) in [5.41, 5.74) is 1.04. The first-order chi connectivity index (χ1) is 12.7. The topological polar surface area (TPSA) is 85.9 Å². The fraction of sp³-hybridized carbons (Fsp3) is 0.263. The number of ether oxygens (including phenoxy) is 3. The van der Waals surface area contributed by atoms with Crippen molar-refractivity contribution in [2.75, 3.05) is 25.1 Å². The van der Waals surface area contributed by atoms with Gasteiger partial charge in [0.2, 0.25) is 0 Å². The maximum atomic E-state index is 12.2. The second kappa shape index (κ2) is 8.24.